The number of hydrogen-bond donors (Lipinski definition) is 2. The van der Waals surface area contributed by atoms with Gasteiger partial charge in [-0.15, -0.1) is 0 Å². The second kappa shape index (κ2) is 8.00. The van der Waals surface area contributed by atoms with Crippen molar-refractivity contribution >= 4 is 17.5 Å². The van der Waals surface area contributed by atoms with Gasteiger partial charge in [0.1, 0.15) is 5.75 Å². The molecular formula is C22H23N3O3. The Kier molecular flexibility index (Phi) is 5.49. The van der Waals surface area contributed by atoms with E-state index in [1.165, 1.54) is 0 Å². The SMILES string of the molecule is Cc1ccccc1-n1c(C)cc(C(=O)Nc2ccc(OCC(N)=O)cc2)c1C. The number of aryl methyl sites for hydroxylation is 2. The molecule has 2 amide bonds. The maximum atomic E-state index is 12.8. The molecule has 28 heavy (non-hydrogen) atoms. The molecule has 0 aliphatic heterocycles. The van der Waals surface area contributed by atoms with Gasteiger partial charge in [0, 0.05) is 22.8 Å². The molecule has 1 aromatic heterocycles. The molecule has 0 spiro atoms. The molecule has 2 aromatic carbocycles. The molecule has 1 heterocycles. The first-order valence-corrected chi connectivity index (χ1v) is 8.94. The molecule has 0 atom stereocenters. The number of benzene rings is 2. The summed E-state index contributed by atoms with van der Waals surface area (Å²) in [7, 11) is 0. The van der Waals surface area contributed by atoms with Crippen molar-refractivity contribution in [3.8, 4) is 11.4 Å². The van der Waals surface area contributed by atoms with E-state index in [-0.39, 0.29) is 12.5 Å². The highest BCUT2D eigenvalue weighted by molar-refractivity contribution is 6.05. The van der Waals surface area contributed by atoms with E-state index in [9.17, 15) is 9.59 Å². The number of ether oxygens (including phenoxy) is 1. The normalized spacial score (nSPS) is 10.5. The number of amides is 2. The number of para-hydroxylation sites is 1. The molecule has 6 nitrogen and oxygen atoms in total. The van der Waals surface area contributed by atoms with E-state index >= 15 is 0 Å². The largest absolute Gasteiger partial charge is 0.484 e. The van der Waals surface area contributed by atoms with Crippen LogP contribution in [0.3, 0.4) is 0 Å². The predicted octanol–water partition coefficient (Wildman–Crippen LogP) is 3.52. The van der Waals surface area contributed by atoms with Crippen LogP contribution in [0.2, 0.25) is 0 Å². The molecule has 0 unspecified atom stereocenters. The highest BCUT2D eigenvalue weighted by Crippen LogP contribution is 2.24. The van der Waals surface area contributed by atoms with Gasteiger partial charge in [-0.05, 0) is 62.7 Å². The first kappa shape index (κ1) is 19.2. The minimum Gasteiger partial charge on any atom is -0.484 e. The van der Waals surface area contributed by atoms with E-state index < -0.39 is 5.91 Å². The van der Waals surface area contributed by atoms with Gasteiger partial charge in [0.25, 0.3) is 11.8 Å². The van der Waals surface area contributed by atoms with Crippen LogP contribution < -0.4 is 15.8 Å². The van der Waals surface area contributed by atoms with Crippen LogP contribution in [0.5, 0.6) is 5.75 Å². The Morgan fingerprint density at radius 3 is 2.36 bits per heavy atom. The molecule has 0 bridgehead atoms. The smallest absolute Gasteiger partial charge is 0.257 e. The standard InChI is InChI=1S/C22H23N3O3/c1-14-6-4-5-7-20(14)25-15(2)12-19(16(25)3)22(27)24-17-8-10-18(11-9-17)28-13-21(23)26/h4-12H,13H2,1-3H3,(H2,23,26)(H,24,27). The number of anilines is 1. The van der Waals surface area contributed by atoms with Gasteiger partial charge in [0.15, 0.2) is 6.61 Å². The number of hydrogen-bond acceptors (Lipinski definition) is 3. The molecular weight excluding hydrogens is 354 g/mol. The lowest BCUT2D eigenvalue weighted by molar-refractivity contribution is -0.119. The summed E-state index contributed by atoms with van der Waals surface area (Å²) in [6.45, 7) is 5.79. The fraction of sp³-hybridized carbons (Fsp3) is 0.182. The molecule has 144 valence electrons. The Balaban J connectivity index is 1.79. The minimum atomic E-state index is -0.540. The van der Waals surface area contributed by atoms with Crippen LogP contribution >= 0.6 is 0 Å². The van der Waals surface area contributed by atoms with Gasteiger partial charge < -0.3 is 20.4 Å². The Hall–Kier alpha value is -3.54. The number of carbonyl (C=O) groups excluding carboxylic acids is 2. The lowest BCUT2D eigenvalue weighted by Crippen LogP contribution is -2.20. The number of rotatable bonds is 6. The van der Waals surface area contributed by atoms with Gasteiger partial charge in [0.2, 0.25) is 0 Å². The van der Waals surface area contributed by atoms with Crippen molar-refractivity contribution in [3.05, 3.63) is 77.1 Å². The molecule has 3 aromatic rings. The van der Waals surface area contributed by atoms with Gasteiger partial charge in [-0.3, -0.25) is 9.59 Å². The van der Waals surface area contributed by atoms with Gasteiger partial charge in [0.05, 0.1) is 5.56 Å². The van der Waals surface area contributed by atoms with E-state index in [4.69, 9.17) is 10.5 Å². The first-order chi connectivity index (χ1) is 13.4. The lowest BCUT2D eigenvalue weighted by Gasteiger charge is -2.13. The highest BCUT2D eigenvalue weighted by atomic mass is 16.5. The predicted molar refractivity (Wildman–Crippen MR) is 109 cm³/mol. The van der Waals surface area contributed by atoms with E-state index in [1.54, 1.807) is 24.3 Å². The number of carbonyl (C=O) groups is 2. The van der Waals surface area contributed by atoms with Gasteiger partial charge in [-0.1, -0.05) is 18.2 Å². The summed E-state index contributed by atoms with van der Waals surface area (Å²) in [4.78, 5) is 23.6. The molecule has 3 rings (SSSR count). The number of aromatic nitrogens is 1. The van der Waals surface area contributed by atoms with Crippen LogP contribution in [0, 0.1) is 20.8 Å². The van der Waals surface area contributed by atoms with Crippen LogP contribution in [0.4, 0.5) is 5.69 Å². The van der Waals surface area contributed by atoms with Crippen LogP contribution in [-0.4, -0.2) is 23.0 Å². The van der Waals surface area contributed by atoms with Crippen molar-refractivity contribution in [2.24, 2.45) is 5.73 Å². The van der Waals surface area contributed by atoms with Gasteiger partial charge in [-0.25, -0.2) is 0 Å². The second-order valence-corrected chi connectivity index (χ2v) is 6.64. The summed E-state index contributed by atoms with van der Waals surface area (Å²) in [5.41, 5.74) is 10.4. The molecule has 0 aliphatic rings. The van der Waals surface area contributed by atoms with Crippen molar-refractivity contribution in [3.63, 3.8) is 0 Å². The number of primary amides is 1. The maximum Gasteiger partial charge on any atom is 0.257 e. The Labute approximate surface area is 163 Å². The van der Waals surface area contributed by atoms with Crippen molar-refractivity contribution in [1.82, 2.24) is 4.57 Å². The third-order valence-electron chi connectivity index (χ3n) is 4.53. The molecule has 0 radical (unpaired) electrons. The highest BCUT2D eigenvalue weighted by Gasteiger charge is 2.17. The number of nitrogens with one attached hydrogen (secondary N) is 1. The Bertz CT molecular complexity index is 1020. The van der Waals surface area contributed by atoms with Crippen LogP contribution in [0.1, 0.15) is 27.3 Å². The van der Waals surface area contributed by atoms with Crippen LogP contribution in [0.25, 0.3) is 5.69 Å². The third kappa shape index (κ3) is 4.06. The van der Waals surface area contributed by atoms with E-state index in [1.807, 2.05) is 38.1 Å². The fourth-order valence-electron chi connectivity index (χ4n) is 3.17. The summed E-state index contributed by atoms with van der Waals surface area (Å²) in [6.07, 6.45) is 0. The van der Waals surface area contributed by atoms with Crippen molar-refractivity contribution in [2.45, 2.75) is 20.8 Å². The van der Waals surface area contributed by atoms with Crippen molar-refractivity contribution in [1.29, 1.82) is 0 Å². The zero-order valence-electron chi connectivity index (χ0n) is 16.2. The second-order valence-electron chi connectivity index (χ2n) is 6.64. The van der Waals surface area contributed by atoms with Crippen molar-refractivity contribution < 1.29 is 14.3 Å². The molecule has 0 fully saturated rings. The van der Waals surface area contributed by atoms with Crippen LogP contribution in [0.15, 0.2) is 54.6 Å². The van der Waals surface area contributed by atoms with E-state index in [0.717, 1.165) is 22.6 Å². The fourth-order valence-corrected chi connectivity index (χ4v) is 3.17. The zero-order valence-corrected chi connectivity index (χ0v) is 16.2. The van der Waals surface area contributed by atoms with Gasteiger partial charge >= 0.3 is 0 Å². The average Bonchev–Trinajstić information content (AvgIpc) is 2.96. The number of nitrogens with two attached hydrogens (primary N) is 1. The monoisotopic (exact) mass is 377 g/mol. The summed E-state index contributed by atoms with van der Waals surface area (Å²) in [5, 5.41) is 2.90. The van der Waals surface area contributed by atoms with E-state index in [0.29, 0.717) is 17.0 Å². The summed E-state index contributed by atoms with van der Waals surface area (Å²) >= 11 is 0. The first-order valence-electron chi connectivity index (χ1n) is 8.94. The average molecular weight is 377 g/mol. The van der Waals surface area contributed by atoms with Crippen LogP contribution in [-0.2, 0) is 4.79 Å². The molecule has 0 saturated heterocycles. The Morgan fingerprint density at radius 1 is 1.04 bits per heavy atom. The molecule has 0 aliphatic carbocycles. The maximum absolute atomic E-state index is 12.8. The zero-order chi connectivity index (χ0) is 20.3. The summed E-state index contributed by atoms with van der Waals surface area (Å²) < 4.78 is 7.31. The minimum absolute atomic E-state index is 0.182. The summed E-state index contributed by atoms with van der Waals surface area (Å²) in [5.74, 6) is -0.213. The molecule has 6 heteroatoms. The quantitative estimate of drug-likeness (QED) is 0.689. The lowest BCUT2D eigenvalue weighted by atomic mass is 10.2. The number of nitrogens with zero attached hydrogens (tertiary/aromatic N) is 1. The third-order valence-corrected chi connectivity index (χ3v) is 4.53. The topological polar surface area (TPSA) is 86.3 Å². The van der Waals surface area contributed by atoms with Gasteiger partial charge in [-0.2, -0.15) is 0 Å². The summed E-state index contributed by atoms with van der Waals surface area (Å²) in [6, 6.07) is 16.8. The molecule has 3 N–H and O–H groups in total. The molecule has 0 saturated carbocycles. The van der Waals surface area contributed by atoms with Crippen molar-refractivity contribution in [2.75, 3.05) is 11.9 Å². The van der Waals surface area contributed by atoms with E-state index in [2.05, 4.69) is 22.9 Å². The Morgan fingerprint density at radius 2 is 1.71 bits per heavy atom.